The minimum Gasteiger partial charge on any atom is -0.490 e. The summed E-state index contributed by atoms with van der Waals surface area (Å²) in [4.78, 5) is 11.4. The zero-order chi connectivity index (χ0) is 21.9. The minimum absolute atomic E-state index is 0.242. The first kappa shape index (κ1) is 24.2. The van der Waals surface area contributed by atoms with Crippen molar-refractivity contribution in [3.63, 3.8) is 0 Å². The van der Waals surface area contributed by atoms with E-state index in [0.717, 1.165) is 5.56 Å². The molecule has 0 aliphatic heterocycles. The molecule has 0 saturated heterocycles. The fraction of sp³-hybridized carbons (Fsp3) is 0.250. The van der Waals surface area contributed by atoms with Gasteiger partial charge in [0.25, 0.3) is 0 Å². The Morgan fingerprint density at radius 1 is 1.20 bits per heavy atom. The molecule has 0 aliphatic carbocycles. The van der Waals surface area contributed by atoms with E-state index in [2.05, 4.69) is 46.8 Å². The molecule has 0 amide bonds. The molecule has 2 aromatic carbocycles. The predicted octanol–water partition coefficient (Wildman–Crippen LogP) is 4.74. The molecule has 0 aromatic heterocycles. The first-order valence-electron chi connectivity index (χ1n) is 8.83. The van der Waals surface area contributed by atoms with Crippen LogP contribution in [0.1, 0.15) is 18.1 Å². The lowest BCUT2D eigenvalue weighted by molar-refractivity contribution is -0.142. The van der Waals surface area contributed by atoms with Gasteiger partial charge in [0.1, 0.15) is 0 Å². The number of hydrogen-bond acceptors (Lipinski definition) is 7. The Balaban J connectivity index is 2.14. The third-order valence-electron chi connectivity index (χ3n) is 3.60. The van der Waals surface area contributed by atoms with Crippen LogP contribution in [0, 0.1) is 0 Å². The lowest BCUT2D eigenvalue weighted by Crippen LogP contribution is -2.13. The first-order chi connectivity index (χ1) is 14.5. The van der Waals surface area contributed by atoms with Crippen LogP contribution >= 0.6 is 43.6 Å². The van der Waals surface area contributed by atoms with E-state index in [0.29, 0.717) is 43.5 Å². The highest BCUT2D eigenvalue weighted by Gasteiger charge is 2.18. The molecule has 10 heteroatoms. The molecular formula is C20H21Br2N3O4S. The average molecular weight is 559 g/mol. The van der Waals surface area contributed by atoms with Crippen LogP contribution in [-0.4, -0.2) is 37.7 Å². The van der Waals surface area contributed by atoms with Crippen LogP contribution in [0.2, 0.25) is 0 Å². The van der Waals surface area contributed by atoms with Gasteiger partial charge >= 0.3 is 5.97 Å². The maximum atomic E-state index is 11.4. The molecule has 0 fully saturated rings. The fourth-order valence-electron chi connectivity index (χ4n) is 2.19. The van der Waals surface area contributed by atoms with Gasteiger partial charge in [-0.25, -0.2) is 4.79 Å². The molecule has 160 valence electrons. The molecule has 7 nitrogen and oxygen atoms in total. The SMILES string of the molecule is CCOc1cc(C=NN=C(N)SCc2ccccc2)c(Br)c(Br)c1OCC(=O)OC. The van der Waals surface area contributed by atoms with Crippen LogP contribution in [0.3, 0.4) is 0 Å². The van der Waals surface area contributed by atoms with E-state index in [1.165, 1.54) is 18.9 Å². The molecule has 2 N–H and O–H groups in total. The number of hydrogen-bond donors (Lipinski definition) is 1. The molecule has 30 heavy (non-hydrogen) atoms. The van der Waals surface area contributed by atoms with Crippen molar-refractivity contribution < 1.29 is 19.0 Å². The van der Waals surface area contributed by atoms with Gasteiger partial charge in [-0.15, -0.1) is 5.10 Å². The molecule has 2 rings (SSSR count). The van der Waals surface area contributed by atoms with Gasteiger partial charge in [-0.2, -0.15) is 5.10 Å². The maximum absolute atomic E-state index is 11.4. The minimum atomic E-state index is -0.496. The number of nitrogens with zero attached hydrogens (tertiary/aromatic N) is 2. The van der Waals surface area contributed by atoms with E-state index in [9.17, 15) is 4.79 Å². The summed E-state index contributed by atoms with van der Waals surface area (Å²) in [6, 6.07) is 11.7. The predicted molar refractivity (Wildman–Crippen MR) is 127 cm³/mol. The second kappa shape index (κ2) is 12.6. The summed E-state index contributed by atoms with van der Waals surface area (Å²) in [5, 5.41) is 8.46. The van der Waals surface area contributed by atoms with E-state index in [1.807, 2.05) is 37.3 Å². The number of amidine groups is 1. The van der Waals surface area contributed by atoms with Crippen molar-refractivity contribution in [2.24, 2.45) is 15.9 Å². The highest BCUT2D eigenvalue weighted by molar-refractivity contribution is 9.13. The number of thioether (sulfide) groups is 1. The van der Waals surface area contributed by atoms with Crippen molar-refractivity contribution in [2.75, 3.05) is 20.3 Å². The highest BCUT2D eigenvalue weighted by Crippen LogP contribution is 2.42. The van der Waals surface area contributed by atoms with Crippen molar-refractivity contribution in [1.82, 2.24) is 0 Å². The molecule has 0 saturated carbocycles. The van der Waals surface area contributed by atoms with Gasteiger partial charge in [0.15, 0.2) is 23.3 Å². The second-order valence-electron chi connectivity index (χ2n) is 5.68. The van der Waals surface area contributed by atoms with Crippen molar-refractivity contribution >= 4 is 61.0 Å². The lowest BCUT2D eigenvalue weighted by atomic mass is 10.2. The molecule has 0 aliphatic rings. The lowest BCUT2D eigenvalue weighted by Gasteiger charge is -2.15. The molecule has 2 aromatic rings. The summed E-state index contributed by atoms with van der Waals surface area (Å²) in [5.74, 6) is 1.05. The zero-order valence-corrected chi connectivity index (χ0v) is 20.4. The average Bonchev–Trinajstić information content (AvgIpc) is 2.76. The Labute approximate surface area is 196 Å². The number of ether oxygens (including phenoxy) is 3. The molecule has 0 unspecified atom stereocenters. The van der Waals surface area contributed by atoms with Gasteiger partial charge in [-0.1, -0.05) is 42.1 Å². The Kier molecular flexibility index (Phi) is 10.2. The number of carbonyl (C=O) groups excluding carboxylic acids is 1. The summed E-state index contributed by atoms with van der Waals surface area (Å²) in [5.41, 5.74) is 7.77. The second-order valence-corrected chi connectivity index (χ2v) is 8.26. The quantitative estimate of drug-likeness (QED) is 0.207. The van der Waals surface area contributed by atoms with Crippen molar-refractivity contribution in [3.8, 4) is 11.5 Å². The number of carbonyl (C=O) groups is 1. The number of nitrogens with two attached hydrogens (primary N) is 1. The van der Waals surface area contributed by atoms with Gasteiger partial charge in [-0.3, -0.25) is 0 Å². The number of esters is 1. The van der Waals surface area contributed by atoms with Crippen LogP contribution in [0.4, 0.5) is 0 Å². The summed E-state index contributed by atoms with van der Waals surface area (Å²) in [6.07, 6.45) is 1.55. The Hall–Kier alpha value is -2.04. The van der Waals surface area contributed by atoms with Gasteiger partial charge < -0.3 is 19.9 Å². The summed E-state index contributed by atoms with van der Waals surface area (Å²) in [6.45, 7) is 2.03. The number of benzene rings is 2. The Morgan fingerprint density at radius 3 is 2.60 bits per heavy atom. The summed E-state index contributed by atoms with van der Waals surface area (Å²) < 4.78 is 17.0. The molecular weight excluding hydrogens is 538 g/mol. The zero-order valence-electron chi connectivity index (χ0n) is 16.4. The normalized spacial score (nSPS) is 11.5. The van der Waals surface area contributed by atoms with Gasteiger partial charge in [0, 0.05) is 15.8 Å². The van der Waals surface area contributed by atoms with Crippen LogP contribution in [0.15, 0.2) is 55.5 Å². The van der Waals surface area contributed by atoms with Gasteiger partial charge in [-0.05, 0) is 50.4 Å². The molecule has 0 spiro atoms. The number of methoxy groups -OCH3 is 1. The molecule has 0 atom stereocenters. The van der Waals surface area contributed by atoms with Crippen LogP contribution in [0.25, 0.3) is 0 Å². The number of halogens is 2. The topological polar surface area (TPSA) is 95.5 Å². The van der Waals surface area contributed by atoms with Crippen LogP contribution in [0.5, 0.6) is 11.5 Å². The molecule has 0 radical (unpaired) electrons. The monoisotopic (exact) mass is 557 g/mol. The van der Waals surface area contributed by atoms with E-state index < -0.39 is 5.97 Å². The first-order valence-corrected chi connectivity index (χ1v) is 11.4. The van der Waals surface area contributed by atoms with Crippen molar-refractivity contribution in [3.05, 3.63) is 56.5 Å². The van der Waals surface area contributed by atoms with Crippen molar-refractivity contribution in [2.45, 2.75) is 12.7 Å². The Morgan fingerprint density at radius 2 is 1.93 bits per heavy atom. The third kappa shape index (κ3) is 7.33. The van der Waals surface area contributed by atoms with Crippen LogP contribution < -0.4 is 15.2 Å². The van der Waals surface area contributed by atoms with Gasteiger partial charge in [0.2, 0.25) is 0 Å². The smallest absolute Gasteiger partial charge is 0.343 e. The molecule has 0 heterocycles. The van der Waals surface area contributed by atoms with E-state index in [-0.39, 0.29) is 6.61 Å². The summed E-state index contributed by atoms with van der Waals surface area (Å²) >= 11 is 8.36. The maximum Gasteiger partial charge on any atom is 0.343 e. The third-order valence-corrected chi connectivity index (χ3v) is 6.60. The van der Waals surface area contributed by atoms with E-state index in [4.69, 9.17) is 15.2 Å². The molecule has 0 bridgehead atoms. The standard InChI is InChI=1S/C20H21Br2N3O4S/c1-3-28-15-9-14(17(21)18(22)19(15)29-11-16(26)27-2)10-24-25-20(23)30-12-13-7-5-4-6-8-13/h4-10H,3,11-12H2,1-2H3,(H2,23,25). The van der Waals surface area contributed by atoms with E-state index in [1.54, 1.807) is 12.3 Å². The highest BCUT2D eigenvalue weighted by atomic mass is 79.9. The fourth-order valence-corrected chi connectivity index (χ4v) is 3.74. The van der Waals surface area contributed by atoms with Crippen LogP contribution in [-0.2, 0) is 15.3 Å². The van der Waals surface area contributed by atoms with E-state index >= 15 is 0 Å². The number of rotatable bonds is 9. The van der Waals surface area contributed by atoms with Crippen molar-refractivity contribution in [1.29, 1.82) is 0 Å². The summed E-state index contributed by atoms with van der Waals surface area (Å²) in [7, 11) is 1.30. The largest absolute Gasteiger partial charge is 0.490 e. The van der Waals surface area contributed by atoms with Gasteiger partial charge in [0.05, 0.1) is 24.4 Å². The Bertz CT molecular complexity index is 924.